The summed E-state index contributed by atoms with van der Waals surface area (Å²) in [7, 11) is -9.80. The third-order valence-corrected chi connectivity index (χ3v) is 16.0. The van der Waals surface area contributed by atoms with Crippen molar-refractivity contribution in [2.75, 3.05) is 39.6 Å². The minimum absolute atomic E-state index is 0.0925. The van der Waals surface area contributed by atoms with E-state index in [4.69, 9.17) is 32.3 Å². The van der Waals surface area contributed by atoms with Gasteiger partial charge in [-0.25, -0.2) is 9.13 Å². The first-order chi connectivity index (χ1) is 45.2. The lowest BCUT2D eigenvalue weighted by atomic mass is 10.0. The molecule has 0 rings (SSSR count). The van der Waals surface area contributed by atoms with E-state index in [1.54, 1.807) is 0 Å². The molecule has 93 heavy (non-hydrogen) atoms. The average Bonchev–Trinajstić information content (AvgIpc) is 3.75. The topological polar surface area (TPSA) is 231 Å². The van der Waals surface area contributed by atoms with E-state index in [0.29, 0.717) is 19.3 Å². The van der Waals surface area contributed by atoms with Crippen molar-refractivity contribution in [1.29, 1.82) is 0 Å². The Morgan fingerprint density at radius 1 is 0.312 bits per heavy atom. The number of aliphatic hydroxyl groups excluding tert-OH is 2. The first-order valence-corrected chi connectivity index (χ1v) is 38.1. The van der Waals surface area contributed by atoms with Gasteiger partial charge >= 0.3 is 33.6 Å². The summed E-state index contributed by atoms with van der Waals surface area (Å²) in [5.41, 5.74) is 0. The number of rotatable bonds is 65. The molecule has 530 valence electrons. The van der Waals surface area contributed by atoms with Gasteiger partial charge in [0.2, 0.25) is 0 Å². The number of carbonyl (C=O) groups is 3. The summed E-state index contributed by atoms with van der Waals surface area (Å²) in [6.07, 6.45) is 80.4. The zero-order valence-electron chi connectivity index (χ0n) is 57.4. The van der Waals surface area contributed by atoms with Crippen molar-refractivity contribution in [3.8, 4) is 0 Å². The van der Waals surface area contributed by atoms with Gasteiger partial charge in [-0.15, -0.1) is 0 Å². The molecule has 16 nitrogen and oxygen atoms in total. The van der Waals surface area contributed by atoms with Crippen LogP contribution >= 0.6 is 15.6 Å². The molecule has 5 unspecified atom stereocenters. The molecule has 5 atom stereocenters. The molecule has 0 aliphatic rings. The van der Waals surface area contributed by atoms with Gasteiger partial charge in [0.25, 0.3) is 0 Å². The fourth-order valence-corrected chi connectivity index (χ4v) is 10.3. The number of esters is 3. The number of aliphatic hydroxyl groups is 2. The molecular formula is C75H124O16P2. The minimum Gasteiger partial charge on any atom is -0.463 e. The van der Waals surface area contributed by atoms with Gasteiger partial charge in [-0.05, 0) is 122 Å². The average molecular weight is 1340 g/mol. The Balaban J connectivity index is 4.69. The van der Waals surface area contributed by atoms with Crippen molar-refractivity contribution in [3.05, 3.63) is 146 Å². The summed E-state index contributed by atoms with van der Waals surface area (Å²) < 4.78 is 60.9. The van der Waals surface area contributed by atoms with Crippen LogP contribution in [0.4, 0.5) is 0 Å². The lowest BCUT2D eigenvalue weighted by Crippen LogP contribution is -2.30. The van der Waals surface area contributed by atoms with E-state index < -0.39 is 91.5 Å². The second-order valence-electron chi connectivity index (χ2n) is 22.9. The number of hydrogen-bond acceptors (Lipinski definition) is 14. The van der Waals surface area contributed by atoms with Crippen LogP contribution < -0.4 is 0 Å². The molecule has 0 amide bonds. The lowest BCUT2D eigenvalue weighted by Gasteiger charge is -2.21. The van der Waals surface area contributed by atoms with Crippen LogP contribution in [0.1, 0.15) is 252 Å². The zero-order chi connectivity index (χ0) is 68.1. The highest BCUT2D eigenvalue weighted by Gasteiger charge is 2.29. The van der Waals surface area contributed by atoms with Crippen LogP contribution in [0.2, 0.25) is 0 Å². The number of ether oxygens (including phenoxy) is 3. The van der Waals surface area contributed by atoms with Gasteiger partial charge in [-0.3, -0.25) is 32.5 Å². The third-order valence-electron chi connectivity index (χ3n) is 14.1. The minimum atomic E-state index is -4.94. The Labute approximate surface area is 562 Å². The quantitative estimate of drug-likeness (QED) is 0.0146. The highest BCUT2D eigenvalue weighted by molar-refractivity contribution is 7.47. The maximum atomic E-state index is 12.9. The first kappa shape index (κ1) is 88.4. The van der Waals surface area contributed by atoms with Gasteiger partial charge in [0.1, 0.15) is 25.4 Å². The second-order valence-corrected chi connectivity index (χ2v) is 25.8. The van der Waals surface area contributed by atoms with Crippen LogP contribution in [0.25, 0.3) is 0 Å². The molecule has 0 aromatic rings. The number of phosphoric acid groups is 2. The van der Waals surface area contributed by atoms with Gasteiger partial charge in [0.15, 0.2) is 6.10 Å². The Morgan fingerprint density at radius 3 is 0.925 bits per heavy atom. The standard InChI is InChI=1S/C75H124O16P2/c1-4-7-10-13-16-19-22-25-27-29-31-33-34-36-38-39-41-44-46-49-52-55-58-61-73(78)85-64-70(76)65-87-92(81,82)88-66-71(77)67-89-93(83,84)90-69-72(91-75(80)63-60-57-54-51-48-43-24-21-18-15-12-9-6-3)68-86-74(79)62-59-56-53-50-47-45-42-40-37-35-32-30-28-26-23-20-17-14-11-8-5-2/h7-8,10-11,16-17,19-20,25-28,31-33,35-36,38,40-42,44,47,50,70-72,76-77H,4-6,9,12-15,18,21-24,29-30,34,37,39,43,45-46,48-49,51-69H2,1-3H3,(H,81,82)(H,83,84)/b10-7-,11-8-,19-16-,20-17-,27-25-,28-26-,33-31-,35-32-,38-36-,42-40-,44-41-,50-47-. The molecular weight excluding hydrogens is 1220 g/mol. The summed E-state index contributed by atoms with van der Waals surface area (Å²) in [6.45, 7) is 2.34. The molecule has 0 bridgehead atoms. The summed E-state index contributed by atoms with van der Waals surface area (Å²) in [5.74, 6) is -1.65. The van der Waals surface area contributed by atoms with E-state index in [1.165, 1.54) is 51.4 Å². The second kappa shape index (κ2) is 67.4. The molecule has 0 saturated heterocycles. The van der Waals surface area contributed by atoms with Crippen molar-refractivity contribution in [2.24, 2.45) is 0 Å². The van der Waals surface area contributed by atoms with Gasteiger partial charge in [0.05, 0.1) is 26.4 Å². The van der Waals surface area contributed by atoms with Crippen LogP contribution in [0.5, 0.6) is 0 Å². The summed E-state index contributed by atoms with van der Waals surface area (Å²) in [6, 6.07) is 0. The largest absolute Gasteiger partial charge is 0.472 e. The van der Waals surface area contributed by atoms with Gasteiger partial charge in [-0.1, -0.05) is 256 Å². The van der Waals surface area contributed by atoms with E-state index in [0.717, 1.165) is 141 Å². The number of phosphoric ester groups is 2. The number of carbonyl (C=O) groups excluding carboxylic acids is 3. The molecule has 0 aliphatic carbocycles. The van der Waals surface area contributed by atoms with E-state index >= 15 is 0 Å². The Morgan fingerprint density at radius 2 is 0.570 bits per heavy atom. The zero-order valence-corrected chi connectivity index (χ0v) is 59.2. The summed E-state index contributed by atoms with van der Waals surface area (Å²) >= 11 is 0. The SMILES string of the molecule is CC/C=C\C/C=C\C/C=C\C/C=C\C/C=C\C/C=C\CCCCCCC(=O)OCC(O)COP(=O)(O)OCC(O)COP(=O)(O)OCC(COC(=O)CCCC/C=C\C/C=C\C/C=C\C/C=C\C/C=C\C/C=C\CC)OC(=O)CCCCCCCCCCCCCCC. The van der Waals surface area contributed by atoms with Gasteiger partial charge in [-0.2, -0.15) is 0 Å². The highest BCUT2D eigenvalue weighted by atomic mass is 31.2. The van der Waals surface area contributed by atoms with E-state index in [9.17, 15) is 43.5 Å². The van der Waals surface area contributed by atoms with Crippen LogP contribution in [-0.2, 0) is 55.8 Å². The molecule has 18 heteroatoms. The van der Waals surface area contributed by atoms with Crippen LogP contribution in [-0.4, -0.2) is 95.9 Å². The van der Waals surface area contributed by atoms with Crippen LogP contribution in [0, 0.1) is 0 Å². The monoisotopic (exact) mass is 1340 g/mol. The molecule has 0 fully saturated rings. The van der Waals surface area contributed by atoms with Crippen LogP contribution in [0.15, 0.2) is 146 Å². The fraction of sp³-hybridized carbons (Fsp3) is 0.640. The van der Waals surface area contributed by atoms with Crippen LogP contribution in [0.3, 0.4) is 0 Å². The molecule has 0 saturated carbocycles. The normalized spacial score (nSPS) is 15.0. The van der Waals surface area contributed by atoms with Crippen molar-refractivity contribution in [1.82, 2.24) is 0 Å². The molecule has 0 aromatic heterocycles. The molecule has 0 spiro atoms. The lowest BCUT2D eigenvalue weighted by molar-refractivity contribution is -0.161. The van der Waals surface area contributed by atoms with Gasteiger partial charge in [0, 0.05) is 19.3 Å². The first-order valence-electron chi connectivity index (χ1n) is 35.1. The van der Waals surface area contributed by atoms with E-state index in [1.807, 2.05) is 0 Å². The maximum absolute atomic E-state index is 12.9. The van der Waals surface area contributed by atoms with E-state index in [2.05, 4.69) is 167 Å². The smallest absolute Gasteiger partial charge is 0.463 e. The molecule has 0 radical (unpaired) electrons. The molecule has 0 heterocycles. The van der Waals surface area contributed by atoms with Gasteiger partial charge < -0.3 is 34.2 Å². The summed E-state index contributed by atoms with van der Waals surface area (Å²) in [4.78, 5) is 58.4. The maximum Gasteiger partial charge on any atom is 0.472 e. The molecule has 0 aromatic carbocycles. The number of hydrogen-bond donors (Lipinski definition) is 4. The molecule has 0 aliphatic heterocycles. The fourth-order valence-electron chi connectivity index (χ4n) is 8.75. The highest BCUT2D eigenvalue weighted by Crippen LogP contribution is 2.45. The Kier molecular flexibility index (Phi) is 64.1. The number of allylic oxidation sites excluding steroid dienone is 24. The van der Waals surface area contributed by atoms with E-state index in [-0.39, 0.29) is 19.3 Å². The molecule has 4 N–H and O–H groups in total. The Hall–Kier alpha value is -4.57. The Bertz CT molecular complexity index is 2280. The number of unbranched alkanes of at least 4 members (excludes halogenated alkanes) is 18. The van der Waals surface area contributed by atoms with Crippen molar-refractivity contribution in [3.63, 3.8) is 0 Å². The van der Waals surface area contributed by atoms with Crippen molar-refractivity contribution in [2.45, 2.75) is 270 Å². The van der Waals surface area contributed by atoms with Crippen molar-refractivity contribution < 1.29 is 75.8 Å². The van der Waals surface area contributed by atoms with Crippen molar-refractivity contribution >= 4 is 33.6 Å². The summed E-state index contributed by atoms with van der Waals surface area (Å²) in [5, 5.41) is 20.6. The predicted octanol–water partition coefficient (Wildman–Crippen LogP) is 19.8. The third kappa shape index (κ3) is 68.6. The predicted molar refractivity (Wildman–Crippen MR) is 380 cm³/mol.